The van der Waals surface area contributed by atoms with E-state index >= 15 is 0 Å². The minimum Gasteiger partial charge on any atom is -0.479 e. The van der Waals surface area contributed by atoms with Gasteiger partial charge in [0.25, 0.3) is 0 Å². The fourth-order valence-corrected chi connectivity index (χ4v) is 2.45. The van der Waals surface area contributed by atoms with Crippen LogP contribution >= 0.6 is 23.2 Å². The van der Waals surface area contributed by atoms with Gasteiger partial charge in [0.15, 0.2) is 6.10 Å². The van der Waals surface area contributed by atoms with Gasteiger partial charge in [-0.2, -0.15) is 0 Å². The lowest BCUT2D eigenvalue weighted by Gasteiger charge is -2.30. The summed E-state index contributed by atoms with van der Waals surface area (Å²) in [6.45, 7) is 0.571. The van der Waals surface area contributed by atoms with Crippen molar-refractivity contribution in [2.45, 2.75) is 6.10 Å². The Balaban J connectivity index is 2.07. The first-order chi connectivity index (χ1) is 9.99. The smallest absolute Gasteiger partial charge is 0.334 e. The van der Waals surface area contributed by atoms with Gasteiger partial charge in [-0.1, -0.05) is 29.3 Å². The first-order valence-corrected chi connectivity index (χ1v) is 7.00. The van der Waals surface area contributed by atoms with Crippen molar-refractivity contribution < 1.29 is 19.4 Å². The number of benzene rings is 1. The van der Waals surface area contributed by atoms with E-state index in [1.807, 2.05) is 0 Å². The zero-order valence-corrected chi connectivity index (χ0v) is 12.5. The van der Waals surface area contributed by atoms with Gasteiger partial charge < -0.3 is 14.7 Å². The molecule has 0 spiro atoms. The number of morpholine rings is 1. The van der Waals surface area contributed by atoms with Gasteiger partial charge in [0.2, 0.25) is 5.91 Å². The van der Waals surface area contributed by atoms with E-state index in [1.165, 1.54) is 17.1 Å². The molecule has 21 heavy (non-hydrogen) atoms. The Labute approximate surface area is 131 Å². The van der Waals surface area contributed by atoms with Crippen LogP contribution in [0.15, 0.2) is 24.3 Å². The van der Waals surface area contributed by atoms with Crippen LogP contribution in [-0.4, -0.2) is 47.7 Å². The Morgan fingerprint density at radius 3 is 2.62 bits per heavy atom. The first-order valence-electron chi connectivity index (χ1n) is 6.24. The van der Waals surface area contributed by atoms with Crippen LogP contribution in [0.25, 0.3) is 6.08 Å². The van der Waals surface area contributed by atoms with E-state index in [1.54, 1.807) is 18.2 Å². The molecule has 1 aromatic rings. The molecule has 0 radical (unpaired) electrons. The molecule has 0 bridgehead atoms. The number of halogens is 2. The number of carbonyl (C=O) groups excluding carboxylic acids is 1. The molecule has 2 rings (SSSR count). The molecular formula is C14H13Cl2NO4. The number of carbonyl (C=O) groups is 2. The van der Waals surface area contributed by atoms with Crippen molar-refractivity contribution >= 4 is 41.2 Å². The highest BCUT2D eigenvalue weighted by molar-refractivity contribution is 6.37. The van der Waals surface area contributed by atoms with Gasteiger partial charge in [0, 0.05) is 28.2 Å². The summed E-state index contributed by atoms with van der Waals surface area (Å²) >= 11 is 12.0. The standard InChI is InChI=1S/C14H13Cl2NO4/c15-10-2-1-3-11(16)9(10)4-5-13(18)17-6-7-21-12(8-17)14(19)20/h1-5,12H,6-8H2,(H,19,20). The number of hydrogen-bond donors (Lipinski definition) is 1. The van der Waals surface area contributed by atoms with Gasteiger partial charge in [-0.25, -0.2) is 4.79 Å². The monoisotopic (exact) mass is 329 g/mol. The molecular weight excluding hydrogens is 317 g/mol. The van der Waals surface area contributed by atoms with Crippen LogP contribution in [0.5, 0.6) is 0 Å². The Morgan fingerprint density at radius 2 is 2.00 bits per heavy atom. The second-order valence-corrected chi connectivity index (χ2v) is 5.26. The maximum Gasteiger partial charge on any atom is 0.334 e. The fourth-order valence-electron chi connectivity index (χ4n) is 1.93. The Bertz CT molecular complexity index is 568. The molecule has 1 atom stereocenters. The molecule has 1 N–H and O–H groups in total. The van der Waals surface area contributed by atoms with Crippen molar-refractivity contribution in [3.63, 3.8) is 0 Å². The lowest BCUT2D eigenvalue weighted by molar-refractivity contribution is -0.158. The quantitative estimate of drug-likeness (QED) is 0.864. The summed E-state index contributed by atoms with van der Waals surface area (Å²) in [5.41, 5.74) is 0.553. The highest BCUT2D eigenvalue weighted by Crippen LogP contribution is 2.25. The van der Waals surface area contributed by atoms with Crippen molar-refractivity contribution in [2.24, 2.45) is 0 Å². The molecule has 1 unspecified atom stereocenters. The molecule has 1 heterocycles. The lowest BCUT2D eigenvalue weighted by Crippen LogP contribution is -2.48. The number of aliphatic carboxylic acids is 1. The number of carboxylic acid groups (broad SMARTS) is 1. The van der Waals surface area contributed by atoms with Gasteiger partial charge in [0.05, 0.1) is 13.2 Å². The van der Waals surface area contributed by atoms with Gasteiger partial charge >= 0.3 is 5.97 Å². The van der Waals surface area contributed by atoms with E-state index in [2.05, 4.69) is 0 Å². The average Bonchev–Trinajstić information content (AvgIpc) is 2.46. The lowest BCUT2D eigenvalue weighted by atomic mass is 10.2. The molecule has 7 heteroatoms. The highest BCUT2D eigenvalue weighted by Gasteiger charge is 2.27. The summed E-state index contributed by atoms with van der Waals surface area (Å²) in [6, 6.07) is 5.06. The minimum atomic E-state index is -1.08. The van der Waals surface area contributed by atoms with Gasteiger partial charge in [0.1, 0.15) is 0 Å². The zero-order valence-electron chi connectivity index (χ0n) is 11.0. The second-order valence-electron chi connectivity index (χ2n) is 4.45. The topological polar surface area (TPSA) is 66.8 Å². The van der Waals surface area contributed by atoms with Crippen molar-refractivity contribution in [1.82, 2.24) is 4.90 Å². The number of nitrogens with zero attached hydrogens (tertiary/aromatic N) is 1. The zero-order chi connectivity index (χ0) is 15.4. The first kappa shape index (κ1) is 15.8. The van der Waals surface area contributed by atoms with E-state index in [0.717, 1.165) is 0 Å². The Morgan fingerprint density at radius 1 is 1.33 bits per heavy atom. The summed E-state index contributed by atoms with van der Waals surface area (Å²) in [5, 5.41) is 9.79. The third-order valence-corrected chi connectivity index (χ3v) is 3.71. The number of amides is 1. The van der Waals surface area contributed by atoms with Crippen LogP contribution in [0, 0.1) is 0 Å². The molecule has 1 aromatic carbocycles. The fraction of sp³-hybridized carbons (Fsp3) is 0.286. The SMILES string of the molecule is O=C(O)C1CN(C(=O)C=Cc2c(Cl)cccc2Cl)CCO1. The van der Waals surface area contributed by atoms with Crippen molar-refractivity contribution in [3.05, 3.63) is 39.9 Å². The molecule has 1 amide bonds. The maximum atomic E-state index is 12.1. The largest absolute Gasteiger partial charge is 0.479 e. The van der Waals surface area contributed by atoms with Crippen molar-refractivity contribution in [3.8, 4) is 0 Å². The van der Waals surface area contributed by atoms with Crippen LogP contribution in [0.4, 0.5) is 0 Å². The summed E-state index contributed by atoms with van der Waals surface area (Å²) in [7, 11) is 0. The predicted octanol–water partition coefficient (Wildman–Crippen LogP) is 2.32. The normalized spacial score (nSPS) is 19.0. The molecule has 0 aromatic heterocycles. The van der Waals surface area contributed by atoms with Crippen LogP contribution < -0.4 is 0 Å². The van der Waals surface area contributed by atoms with E-state index in [4.69, 9.17) is 33.0 Å². The van der Waals surface area contributed by atoms with E-state index in [0.29, 0.717) is 22.2 Å². The van der Waals surface area contributed by atoms with Crippen LogP contribution in [0.3, 0.4) is 0 Å². The summed E-state index contributed by atoms with van der Waals surface area (Å²) < 4.78 is 5.06. The number of hydrogen-bond acceptors (Lipinski definition) is 3. The molecule has 1 aliphatic heterocycles. The summed E-state index contributed by atoms with van der Waals surface area (Å²) in [5.74, 6) is -1.38. The molecule has 1 saturated heterocycles. The number of rotatable bonds is 3. The van der Waals surface area contributed by atoms with Crippen LogP contribution in [-0.2, 0) is 14.3 Å². The predicted molar refractivity (Wildman–Crippen MR) is 79.5 cm³/mol. The highest BCUT2D eigenvalue weighted by atomic mass is 35.5. The molecule has 0 aliphatic carbocycles. The van der Waals surface area contributed by atoms with Crippen molar-refractivity contribution in [2.75, 3.05) is 19.7 Å². The molecule has 1 aliphatic rings. The molecule has 112 valence electrons. The van der Waals surface area contributed by atoms with Crippen molar-refractivity contribution in [1.29, 1.82) is 0 Å². The van der Waals surface area contributed by atoms with Crippen LogP contribution in [0.1, 0.15) is 5.56 Å². The van der Waals surface area contributed by atoms with E-state index in [-0.39, 0.29) is 19.1 Å². The maximum absolute atomic E-state index is 12.1. The Hall–Kier alpha value is -1.56. The second kappa shape index (κ2) is 6.93. The van der Waals surface area contributed by atoms with E-state index in [9.17, 15) is 9.59 Å². The number of ether oxygens (including phenoxy) is 1. The summed E-state index contributed by atoms with van der Waals surface area (Å²) in [6.07, 6.45) is 1.87. The minimum absolute atomic E-state index is 0.0226. The molecule has 1 fully saturated rings. The van der Waals surface area contributed by atoms with Gasteiger partial charge in [-0.15, -0.1) is 0 Å². The third-order valence-electron chi connectivity index (χ3n) is 3.05. The van der Waals surface area contributed by atoms with Gasteiger partial charge in [-0.05, 0) is 18.2 Å². The van der Waals surface area contributed by atoms with E-state index < -0.39 is 12.1 Å². The molecule has 5 nitrogen and oxygen atoms in total. The third kappa shape index (κ3) is 3.97. The van der Waals surface area contributed by atoms with Crippen LogP contribution in [0.2, 0.25) is 10.0 Å². The average molecular weight is 330 g/mol. The molecule has 0 saturated carbocycles. The van der Waals surface area contributed by atoms with Gasteiger partial charge in [-0.3, -0.25) is 4.79 Å². The number of carboxylic acids is 1. The summed E-state index contributed by atoms with van der Waals surface area (Å²) in [4.78, 5) is 24.4. The Kier molecular flexibility index (Phi) is 5.22.